The van der Waals surface area contributed by atoms with Gasteiger partial charge in [0, 0.05) is 24.3 Å². The second-order valence-electron chi connectivity index (χ2n) is 6.72. The first-order valence-electron chi connectivity index (χ1n) is 9.24. The number of aromatic amines is 1. The van der Waals surface area contributed by atoms with Crippen molar-refractivity contribution in [2.75, 3.05) is 39.3 Å². The normalized spacial score (nSPS) is 13.8. The zero-order valence-corrected chi connectivity index (χ0v) is 16.2. The van der Waals surface area contributed by atoms with Crippen LogP contribution in [0.3, 0.4) is 0 Å². The van der Waals surface area contributed by atoms with Crippen molar-refractivity contribution < 1.29 is 14.2 Å². The second-order valence-corrected chi connectivity index (χ2v) is 6.72. The number of rotatable bonds is 5. The smallest absolute Gasteiger partial charge is 0.259 e. The lowest BCUT2D eigenvalue weighted by molar-refractivity contribution is 0.324. The van der Waals surface area contributed by atoms with Crippen LogP contribution in [0.15, 0.2) is 35.1 Å². The van der Waals surface area contributed by atoms with Crippen LogP contribution in [0, 0.1) is 0 Å². The van der Waals surface area contributed by atoms with Gasteiger partial charge in [-0.3, -0.25) is 4.79 Å². The second kappa shape index (κ2) is 7.42. The van der Waals surface area contributed by atoms with Crippen LogP contribution in [0.2, 0.25) is 0 Å². The fraction of sp³-hybridized carbons (Fsp3) is 0.333. The van der Waals surface area contributed by atoms with Gasteiger partial charge in [0.05, 0.1) is 32.2 Å². The van der Waals surface area contributed by atoms with Crippen molar-refractivity contribution in [3.05, 3.63) is 40.7 Å². The third-order valence-corrected chi connectivity index (χ3v) is 5.10. The zero-order chi connectivity index (χ0) is 19.7. The van der Waals surface area contributed by atoms with Crippen molar-refractivity contribution >= 4 is 16.6 Å². The summed E-state index contributed by atoms with van der Waals surface area (Å²) in [6.07, 6.45) is 2.37. The maximum absolute atomic E-state index is 12.8. The minimum absolute atomic E-state index is 0.171. The van der Waals surface area contributed by atoms with Gasteiger partial charge in [0.2, 0.25) is 5.75 Å². The van der Waals surface area contributed by atoms with E-state index in [1.165, 1.54) is 12.8 Å². The number of H-pyrrole nitrogens is 1. The molecular weight excluding hydrogens is 358 g/mol. The van der Waals surface area contributed by atoms with E-state index >= 15 is 0 Å². The summed E-state index contributed by atoms with van der Waals surface area (Å²) in [6.45, 7) is 2.06. The van der Waals surface area contributed by atoms with Crippen molar-refractivity contribution in [1.82, 2.24) is 9.97 Å². The Labute approximate surface area is 162 Å². The van der Waals surface area contributed by atoms with Crippen LogP contribution in [0.25, 0.3) is 22.3 Å². The lowest BCUT2D eigenvalue weighted by atomic mass is 10.1. The van der Waals surface area contributed by atoms with Gasteiger partial charge in [-0.1, -0.05) is 0 Å². The molecule has 0 unspecified atom stereocenters. The first kappa shape index (κ1) is 18.2. The summed E-state index contributed by atoms with van der Waals surface area (Å²) in [7, 11) is 4.66. The molecule has 2 aromatic carbocycles. The molecule has 1 aliphatic heterocycles. The molecule has 0 saturated carbocycles. The molecule has 0 radical (unpaired) electrons. The maximum Gasteiger partial charge on any atom is 0.259 e. The third-order valence-electron chi connectivity index (χ3n) is 5.10. The highest BCUT2D eigenvalue weighted by molar-refractivity contribution is 5.83. The molecule has 3 aromatic rings. The monoisotopic (exact) mass is 381 g/mol. The Balaban J connectivity index is 1.81. The molecule has 146 valence electrons. The average Bonchev–Trinajstić information content (AvgIpc) is 3.27. The molecule has 28 heavy (non-hydrogen) atoms. The lowest BCUT2D eigenvalue weighted by Crippen LogP contribution is -2.18. The molecule has 0 atom stereocenters. The number of fused-ring (bicyclic) bond motifs is 1. The van der Waals surface area contributed by atoms with Crippen molar-refractivity contribution in [3.8, 4) is 28.6 Å². The highest BCUT2D eigenvalue weighted by Crippen LogP contribution is 2.40. The van der Waals surface area contributed by atoms with Gasteiger partial charge < -0.3 is 24.1 Å². The van der Waals surface area contributed by atoms with E-state index in [2.05, 4.69) is 14.9 Å². The predicted molar refractivity (Wildman–Crippen MR) is 109 cm³/mol. The van der Waals surface area contributed by atoms with E-state index in [0.29, 0.717) is 39.5 Å². The van der Waals surface area contributed by atoms with Crippen LogP contribution in [-0.4, -0.2) is 44.4 Å². The molecule has 1 fully saturated rings. The van der Waals surface area contributed by atoms with Crippen LogP contribution in [0.5, 0.6) is 17.2 Å². The molecule has 1 N–H and O–H groups in total. The van der Waals surface area contributed by atoms with Gasteiger partial charge in [-0.2, -0.15) is 0 Å². The SMILES string of the molecule is COc1cc(-c2nc3ccc(N4CCCC4)cc3c(=O)[nH]2)cc(OC)c1OC. The largest absolute Gasteiger partial charge is 0.493 e. The molecule has 0 aliphatic carbocycles. The fourth-order valence-electron chi connectivity index (χ4n) is 3.65. The van der Waals surface area contributed by atoms with Gasteiger partial charge in [0.1, 0.15) is 5.82 Å². The van der Waals surface area contributed by atoms with Gasteiger partial charge in [0.15, 0.2) is 11.5 Å². The molecule has 0 bridgehead atoms. The molecule has 4 rings (SSSR count). The molecule has 1 aliphatic rings. The van der Waals surface area contributed by atoms with E-state index in [4.69, 9.17) is 14.2 Å². The summed E-state index contributed by atoms with van der Waals surface area (Å²) in [4.78, 5) is 22.6. The minimum atomic E-state index is -0.171. The van der Waals surface area contributed by atoms with Crippen LogP contribution < -0.4 is 24.7 Å². The van der Waals surface area contributed by atoms with Gasteiger partial charge in [-0.25, -0.2) is 4.98 Å². The average molecular weight is 381 g/mol. The van der Waals surface area contributed by atoms with Crippen LogP contribution in [0.4, 0.5) is 5.69 Å². The van der Waals surface area contributed by atoms with Gasteiger partial charge in [-0.15, -0.1) is 0 Å². The van der Waals surface area contributed by atoms with Gasteiger partial charge in [0.25, 0.3) is 5.56 Å². The summed E-state index contributed by atoms with van der Waals surface area (Å²) in [5, 5.41) is 0.584. The maximum atomic E-state index is 12.8. The van der Waals surface area contributed by atoms with E-state index in [1.807, 2.05) is 18.2 Å². The van der Waals surface area contributed by atoms with Gasteiger partial charge >= 0.3 is 0 Å². The quantitative estimate of drug-likeness (QED) is 0.731. The fourth-order valence-corrected chi connectivity index (χ4v) is 3.65. The van der Waals surface area contributed by atoms with E-state index < -0.39 is 0 Å². The molecule has 0 amide bonds. The van der Waals surface area contributed by atoms with Crippen LogP contribution >= 0.6 is 0 Å². The topological polar surface area (TPSA) is 76.7 Å². The number of hydrogen-bond acceptors (Lipinski definition) is 6. The highest BCUT2D eigenvalue weighted by Gasteiger charge is 2.17. The molecule has 2 heterocycles. The Morgan fingerprint density at radius 3 is 2.25 bits per heavy atom. The third kappa shape index (κ3) is 3.13. The van der Waals surface area contributed by atoms with Crippen molar-refractivity contribution in [1.29, 1.82) is 0 Å². The Morgan fingerprint density at radius 1 is 0.964 bits per heavy atom. The van der Waals surface area contributed by atoms with Crippen LogP contribution in [0.1, 0.15) is 12.8 Å². The van der Waals surface area contributed by atoms with Gasteiger partial charge in [-0.05, 0) is 43.2 Å². The molecule has 1 aromatic heterocycles. The Hall–Kier alpha value is -3.22. The first-order valence-corrected chi connectivity index (χ1v) is 9.24. The Morgan fingerprint density at radius 2 is 1.64 bits per heavy atom. The van der Waals surface area contributed by atoms with E-state index in [9.17, 15) is 4.79 Å². The Kier molecular flexibility index (Phi) is 4.81. The number of benzene rings is 2. The van der Waals surface area contributed by atoms with Crippen molar-refractivity contribution in [2.24, 2.45) is 0 Å². The van der Waals surface area contributed by atoms with Crippen molar-refractivity contribution in [2.45, 2.75) is 12.8 Å². The molecule has 7 nitrogen and oxygen atoms in total. The number of nitrogens with zero attached hydrogens (tertiary/aromatic N) is 2. The van der Waals surface area contributed by atoms with E-state index in [1.54, 1.807) is 33.5 Å². The standard InChI is InChI=1S/C21H23N3O4/c1-26-17-10-13(11-18(27-2)19(17)28-3)20-22-16-7-6-14(24-8-4-5-9-24)12-15(16)21(25)23-20/h6-7,10-12H,4-5,8-9H2,1-3H3,(H,22,23,25). The van der Waals surface area contributed by atoms with Crippen molar-refractivity contribution in [3.63, 3.8) is 0 Å². The first-order chi connectivity index (χ1) is 13.6. The van der Waals surface area contributed by atoms with E-state index in [-0.39, 0.29) is 5.56 Å². The molecule has 0 spiro atoms. The summed E-state index contributed by atoms with van der Waals surface area (Å²) in [5.74, 6) is 1.95. The number of anilines is 1. The summed E-state index contributed by atoms with van der Waals surface area (Å²) in [5.41, 5.74) is 2.22. The number of aromatic nitrogens is 2. The zero-order valence-electron chi connectivity index (χ0n) is 16.2. The summed E-state index contributed by atoms with van der Waals surface area (Å²) >= 11 is 0. The minimum Gasteiger partial charge on any atom is -0.493 e. The molecule has 1 saturated heterocycles. The summed E-state index contributed by atoms with van der Waals surface area (Å²) in [6, 6.07) is 9.39. The number of methoxy groups -OCH3 is 3. The molecule has 7 heteroatoms. The van der Waals surface area contributed by atoms with E-state index in [0.717, 1.165) is 18.8 Å². The van der Waals surface area contributed by atoms with Crippen LogP contribution in [-0.2, 0) is 0 Å². The lowest BCUT2D eigenvalue weighted by Gasteiger charge is -2.18. The summed E-state index contributed by atoms with van der Waals surface area (Å²) < 4.78 is 16.2. The molecular formula is C21H23N3O4. The highest BCUT2D eigenvalue weighted by atomic mass is 16.5. The predicted octanol–water partition coefficient (Wildman–Crippen LogP) is 3.22. The number of hydrogen-bond donors (Lipinski definition) is 1. The Bertz CT molecular complexity index is 1050. The number of nitrogens with one attached hydrogen (secondary N) is 1. The number of ether oxygens (including phenoxy) is 3.